The Kier molecular flexibility index (Phi) is 5.29. The average Bonchev–Trinajstić information content (AvgIpc) is 2.45. The van der Waals surface area contributed by atoms with Gasteiger partial charge in [0, 0.05) is 39.1 Å². The number of rotatable bonds is 5. The van der Waals surface area contributed by atoms with Crippen molar-refractivity contribution in [2.45, 2.75) is 31.8 Å². The van der Waals surface area contributed by atoms with Gasteiger partial charge in [-0.2, -0.15) is 0 Å². The molecule has 0 atom stereocenters. The van der Waals surface area contributed by atoms with E-state index in [-0.39, 0.29) is 18.0 Å². The highest BCUT2D eigenvalue weighted by molar-refractivity contribution is 9.10. The molecule has 20 heavy (non-hydrogen) atoms. The summed E-state index contributed by atoms with van der Waals surface area (Å²) in [5, 5.41) is 0. The summed E-state index contributed by atoms with van der Waals surface area (Å²) in [6.07, 6.45) is 1.29. The van der Waals surface area contributed by atoms with Gasteiger partial charge in [-0.1, -0.05) is 12.1 Å². The van der Waals surface area contributed by atoms with E-state index >= 15 is 0 Å². The number of hydrogen-bond donors (Lipinski definition) is 0. The van der Waals surface area contributed by atoms with Gasteiger partial charge in [-0.3, -0.25) is 4.79 Å². The summed E-state index contributed by atoms with van der Waals surface area (Å²) < 4.78 is 24.9. The molecule has 0 radical (unpaired) electrons. The van der Waals surface area contributed by atoms with Crippen molar-refractivity contribution in [2.75, 3.05) is 19.8 Å². The molecule has 1 aliphatic rings. The van der Waals surface area contributed by atoms with E-state index in [1.165, 1.54) is 6.07 Å². The third kappa shape index (κ3) is 3.27. The average molecular weight is 345 g/mol. The lowest BCUT2D eigenvalue weighted by molar-refractivity contribution is -0.156. The van der Waals surface area contributed by atoms with Crippen LogP contribution in [0.4, 0.5) is 4.39 Å². The van der Waals surface area contributed by atoms with Gasteiger partial charge in [-0.25, -0.2) is 4.39 Å². The summed E-state index contributed by atoms with van der Waals surface area (Å²) in [7, 11) is 0. The van der Waals surface area contributed by atoms with Crippen LogP contribution < -0.4 is 0 Å². The van der Waals surface area contributed by atoms with Crippen molar-refractivity contribution in [3.05, 3.63) is 34.1 Å². The van der Waals surface area contributed by atoms with Crippen molar-refractivity contribution < 1.29 is 18.7 Å². The minimum Gasteiger partial charge on any atom is -0.381 e. The van der Waals surface area contributed by atoms with Crippen LogP contribution in [0.3, 0.4) is 0 Å². The summed E-state index contributed by atoms with van der Waals surface area (Å²) in [6.45, 7) is 3.41. The van der Waals surface area contributed by atoms with Crippen LogP contribution in [0, 0.1) is 5.82 Å². The van der Waals surface area contributed by atoms with Crippen LogP contribution in [0.1, 0.15) is 25.3 Å². The minimum absolute atomic E-state index is 0.00560. The lowest BCUT2D eigenvalue weighted by Crippen LogP contribution is -2.47. The maximum absolute atomic E-state index is 13.5. The molecule has 0 aliphatic carbocycles. The van der Waals surface area contributed by atoms with Gasteiger partial charge < -0.3 is 9.47 Å². The molecular formula is C15H18BrFO3. The van der Waals surface area contributed by atoms with Gasteiger partial charge in [0.1, 0.15) is 11.4 Å². The molecule has 1 heterocycles. The predicted octanol–water partition coefficient (Wildman–Crippen LogP) is 3.29. The second kappa shape index (κ2) is 6.78. The number of benzene rings is 1. The van der Waals surface area contributed by atoms with Crippen molar-refractivity contribution in [1.29, 1.82) is 0 Å². The second-order valence-corrected chi connectivity index (χ2v) is 5.65. The molecule has 0 amide bonds. The molecule has 0 saturated carbocycles. The van der Waals surface area contributed by atoms with Gasteiger partial charge in [0.25, 0.3) is 0 Å². The maximum Gasteiger partial charge on any atom is 0.169 e. The number of carbonyl (C=O) groups is 1. The van der Waals surface area contributed by atoms with Gasteiger partial charge in [0.05, 0.1) is 4.47 Å². The van der Waals surface area contributed by atoms with E-state index in [4.69, 9.17) is 9.47 Å². The third-order valence-corrected chi connectivity index (χ3v) is 4.50. The van der Waals surface area contributed by atoms with Crippen LogP contribution >= 0.6 is 15.9 Å². The molecule has 1 aromatic rings. The zero-order valence-electron chi connectivity index (χ0n) is 11.5. The highest BCUT2D eigenvalue weighted by Gasteiger charge is 2.40. The van der Waals surface area contributed by atoms with Crippen molar-refractivity contribution in [2.24, 2.45) is 0 Å². The first-order valence-electron chi connectivity index (χ1n) is 6.77. The maximum atomic E-state index is 13.5. The Labute approximate surface area is 126 Å². The molecule has 0 spiro atoms. The molecule has 0 bridgehead atoms. The van der Waals surface area contributed by atoms with Crippen LogP contribution in [-0.2, 0) is 20.7 Å². The minimum atomic E-state index is -0.779. The Balaban J connectivity index is 2.18. The molecule has 5 heteroatoms. The summed E-state index contributed by atoms with van der Waals surface area (Å²) in [5.41, 5.74) is -0.126. The number of Topliss-reactive ketones (excluding diaryl/α,β-unsaturated/α-hetero) is 1. The van der Waals surface area contributed by atoms with E-state index in [0.29, 0.717) is 42.7 Å². The number of carbonyl (C=O) groups excluding carboxylic acids is 1. The Morgan fingerprint density at radius 3 is 2.80 bits per heavy atom. The first-order valence-corrected chi connectivity index (χ1v) is 7.56. The Bertz CT molecular complexity index is 478. The fraction of sp³-hybridized carbons (Fsp3) is 0.533. The largest absolute Gasteiger partial charge is 0.381 e. The number of hydrogen-bond acceptors (Lipinski definition) is 3. The van der Waals surface area contributed by atoms with Crippen molar-refractivity contribution in [3.63, 3.8) is 0 Å². The molecule has 2 rings (SSSR count). The van der Waals surface area contributed by atoms with E-state index in [0.717, 1.165) is 0 Å². The summed E-state index contributed by atoms with van der Waals surface area (Å²) in [6, 6.07) is 4.73. The van der Waals surface area contributed by atoms with E-state index in [2.05, 4.69) is 15.9 Å². The summed E-state index contributed by atoms with van der Waals surface area (Å²) in [5.74, 6) is -0.360. The fourth-order valence-electron chi connectivity index (χ4n) is 2.50. The molecule has 110 valence electrons. The van der Waals surface area contributed by atoms with Crippen LogP contribution in [0.2, 0.25) is 0 Å². The van der Waals surface area contributed by atoms with Gasteiger partial charge in [-0.15, -0.1) is 0 Å². The number of ether oxygens (including phenoxy) is 2. The third-order valence-electron chi connectivity index (χ3n) is 3.61. The van der Waals surface area contributed by atoms with E-state index in [1.807, 2.05) is 6.92 Å². The molecular weight excluding hydrogens is 327 g/mol. The van der Waals surface area contributed by atoms with Gasteiger partial charge in [0.2, 0.25) is 0 Å². The van der Waals surface area contributed by atoms with Crippen LogP contribution in [0.25, 0.3) is 0 Å². The van der Waals surface area contributed by atoms with Crippen LogP contribution in [0.5, 0.6) is 0 Å². The van der Waals surface area contributed by atoms with Crippen molar-refractivity contribution >= 4 is 21.7 Å². The first-order chi connectivity index (χ1) is 9.59. The van der Waals surface area contributed by atoms with E-state index in [1.54, 1.807) is 12.1 Å². The lowest BCUT2D eigenvalue weighted by Gasteiger charge is -2.35. The zero-order chi connectivity index (χ0) is 14.6. The molecule has 1 fully saturated rings. The quantitative estimate of drug-likeness (QED) is 0.822. The molecule has 1 aromatic carbocycles. The lowest BCUT2D eigenvalue weighted by atomic mass is 9.86. The predicted molar refractivity (Wildman–Crippen MR) is 77.2 cm³/mol. The normalized spacial score (nSPS) is 17.9. The standard InChI is InChI=1S/C15H18BrFO3/c1-2-20-15(6-8-19-9-7-15)13(18)10-11-4-3-5-12(17)14(11)16/h3-5H,2,6-10H2,1H3. The van der Waals surface area contributed by atoms with Crippen LogP contribution in [0.15, 0.2) is 22.7 Å². The Morgan fingerprint density at radius 1 is 1.45 bits per heavy atom. The van der Waals surface area contributed by atoms with Crippen molar-refractivity contribution in [1.82, 2.24) is 0 Å². The Morgan fingerprint density at radius 2 is 2.15 bits per heavy atom. The molecule has 3 nitrogen and oxygen atoms in total. The second-order valence-electron chi connectivity index (χ2n) is 4.85. The van der Waals surface area contributed by atoms with Crippen LogP contribution in [-0.4, -0.2) is 31.2 Å². The molecule has 0 N–H and O–H groups in total. The fourth-order valence-corrected chi connectivity index (χ4v) is 2.90. The van der Waals surface area contributed by atoms with E-state index in [9.17, 15) is 9.18 Å². The monoisotopic (exact) mass is 344 g/mol. The summed E-state index contributed by atoms with van der Waals surface area (Å²) in [4.78, 5) is 12.6. The number of halogens is 2. The SMILES string of the molecule is CCOC1(C(=O)Cc2cccc(F)c2Br)CCOCC1. The highest BCUT2D eigenvalue weighted by Crippen LogP contribution is 2.29. The summed E-state index contributed by atoms with van der Waals surface area (Å²) >= 11 is 3.20. The molecule has 1 aliphatic heterocycles. The Hall–Kier alpha value is -0.780. The van der Waals surface area contributed by atoms with Gasteiger partial charge in [-0.05, 0) is 34.5 Å². The first kappa shape index (κ1) is 15.6. The number of ketones is 1. The van der Waals surface area contributed by atoms with E-state index < -0.39 is 5.60 Å². The zero-order valence-corrected chi connectivity index (χ0v) is 13.0. The molecule has 1 saturated heterocycles. The van der Waals surface area contributed by atoms with Gasteiger partial charge >= 0.3 is 0 Å². The molecule has 0 unspecified atom stereocenters. The smallest absolute Gasteiger partial charge is 0.169 e. The van der Waals surface area contributed by atoms with Gasteiger partial charge in [0.15, 0.2) is 5.78 Å². The topological polar surface area (TPSA) is 35.5 Å². The van der Waals surface area contributed by atoms with Crippen molar-refractivity contribution in [3.8, 4) is 0 Å². The highest BCUT2D eigenvalue weighted by atomic mass is 79.9. The molecule has 0 aromatic heterocycles.